The van der Waals surface area contributed by atoms with Crippen molar-refractivity contribution in [1.29, 1.82) is 0 Å². The first-order chi connectivity index (χ1) is 4.80. The molecule has 0 spiro atoms. The lowest BCUT2D eigenvalue weighted by Gasteiger charge is -2.14. The normalized spacial score (nSPS) is 28.6. The Morgan fingerprint density at radius 2 is 2.10 bits per heavy atom. The molecular weight excluding hydrogens is 120 g/mol. The molecule has 0 fully saturated rings. The van der Waals surface area contributed by atoms with Crippen LogP contribution in [0.25, 0.3) is 0 Å². The molecule has 0 aromatic rings. The Bertz CT molecular complexity index is 122. The van der Waals surface area contributed by atoms with E-state index in [4.69, 9.17) is 0 Å². The van der Waals surface area contributed by atoms with E-state index in [1.165, 1.54) is 32.1 Å². The lowest BCUT2D eigenvalue weighted by molar-refractivity contribution is 0.529. The minimum Gasteiger partial charge on any atom is -0.0853 e. The fourth-order valence-corrected chi connectivity index (χ4v) is 1.53. The first-order valence-corrected chi connectivity index (χ1v) is 4.47. The summed E-state index contributed by atoms with van der Waals surface area (Å²) >= 11 is 0. The Morgan fingerprint density at radius 3 is 2.90 bits per heavy atom. The Labute approximate surface area is 64.3 Å². The minimum absolute atomic E-state index is 0.847. The minimum atomic E-state index is 0.847. The van der Waals surface area contributed by atoms with Crippen molar-refractivity contribution in [2.24, 2.45) is 5.92 Å². The van der Waals surface area contributed by atoms with E-state index in [-0.39, 0.29) is 0 Å². The molecule has 1 unspecified atom stereocenters. The van der Waals surface area contributed by atoms with Crippen molar-refractivity contribution in [1.82, 2.24) is 0 Å². The van der Waals surface area contributed by atoms with Crippen molar-refractivity contribution in [3.63, 3.8) is 0 Å². The van der Waals surface area contributed by atoms with Crippen LogP contribution in [0.15, 0.2) is 11.6 Å². The molecule has 0 saturated carbocycles. The van der Waals surface area contributed by atoms with Gasteiger partial charge in [-0.2, -0.15) is 0 Å². The van der Waals surface area contributed by atoms with Crippen molar-refractivity contribution >= 4 is 0 Å². The maximum atomic E-state index is 2.42. The zero-order chi connectivity index (χ0) is 7.40. The molecule has 1 aliphatic carbocycles. The van der Waals surface area contributed by atoms with Gasteiger partial charge < -0.3 is 0 Å². The van der Waals surface area contributed by atoms with Gasteiger partial charge in [0.2, 0.25) is 0 Å². The average molecular weight is 138 g/mol. The summed E-state index contributed by atoms with van der Waals surface area (Å²) in [5.74, 6) is 0.847. The van der Waals surface area contributed by atoms with Crippen LogP contribution in [0.5, 0.6) is 0 Å². The number of allylic oxidation sites excluding steroid dienone is 2. The van der Waals surface area contributed by atoms with Gasteiger partial charge in [0.05, 0.1) is 0 Å². The molecule has 0 bridgehead atoms. The first kappa shape index (κ1) is 7.84. The summed E-state index contributed by atoms with van der Waals surface area (Å²) in [6.45, 7) is 4.62. The van der Waals surface area contributed by atoms with E-state index < -0.39 is 0 Å². The zero-order valence-corrected chi connectivity index (χ0v) is 7.19. The quantitative estimate of drug-likeness (QED) is 0.449. The van der Waals surface area contributed by atoms with E-state index >= 15 is 0 Å². The van der Waals surface area contributed by atoms with Gasteiger partial charge in [0.1, 0.15) is 0 Å². The summed E-state index contributed by atoms with van der Waals surface area (Å²) in [7, 11) is 0. The van der Waals surface area contributed by atoms with Gasteiger partial charge in [-0.05, 0) is 32.1 Å². The SMILES string of the molecule is CC1=CCCCCCC1C. The van der Waals surface area contributed by atoms with Crippen LogP contribution in [0, 0.1) is 5.92 Å². The monoisotopic (exact) mass is 138 g/mol. The van der Waals surface area contributed by atoms with Crippen LogP contribution in [0.4, 0.5) is 0 Å². The van der Waals surface area contributed by atoms with Gasteiger partial charge in [-0.15, -0.1) is 0 Å². The lowest BCUT2D eigenvalue weighted by atomic mass is 9.92. The Balaban J connectivity index is 2.48. The van der Waals surface area contributed by atoms with E-state index in [0.717, 1.165) is 5.92 Å². The van der Waals surface area contributed by atoms with Crippen LogP contribution in [0.3, 0.4) is 0 Å². The molecule has 0 heteroatoms. The molecule has 0 saturated heterocycles. The highest BCUT2D eigenvalue weighted by molar-refractivity contribution is 5.02. The maximum absolute atomic E-state index is 2.42. The zero-order valence-electron chi connectivity index (χ0n) is 7.19. The van der Waals surface area contributed by atoms with Crippen molar-refractivity contribution in [2.45, 2.75) is 46.0 Å². The summed E-state index contributed by atoms with van der Waals surface area (Å²) in [5, 5.41) is 0. The van der Waals surface area contributed by atoms with Crippen LogP contribution in [-0.2, 0) is 0 Å². The summed E-state index contributed by atoms with van der Waals surface area (Å²) in [6.07, 6.45) is 9.42. The molecule has 1 aliphatic rings. The van der Waals surface area contributed by atoms with Crippen LogP contribution in [0.2, 0.25) is 0 Å². The Kier molecular flexibility index (Phi) is 2.98. The third kappa shape index (κ3) is 2.17. The van der Waals surface area contributed by atoms with Gasteiger partial charge in [-0.25, -0.2) is 0 Å². The van der Waals surface area contributed by atoms with Crippen LogP contribution in [-0.4, -0.2) is 0 Å². The molecule has 0 N–H and O–H groups in total. The fraction of sp³-hybridized carbons (Fsp3) is 0.800. The van der Waals surface area contributed by atoms with Gasteiger partial charge in [0.25, 0.3) is 0 Å². The molecule has 1 atom stereocenters. The predicted octanol–water partition coefficient (Wildman–Crippen LogP) is 3.53. The van der Waals surface area contributed by atoms with Crippen LogP contribution in [0.1, 0.15) is 46.0 Å². The topological polar surface area (TPSA) is 0 Å². The lowest BCUT2D eigenvalue weighted by Crippen LogP contribution is -1.98. The third-order valence-corrected chi connectivity index (χ3v) is 2.58. The highest BCUT2D eigenvalue weighted by Gasteiger charge is 2.05. The van der Waals surface area contributed by atoms with E-state index in [9.17, 15) is 0 Å². The summed E-state index contributed by atoms with van der Waals surface area (Å²) in [5.41, 5.74) is 1.61. The molecule has 0 aromatic heterocycles. The average Bonchev–Trinajstić information content (AvgIpc) is 1.92. The molecule has 0 aromatic carbocycles. The molecular formula is C10H18. The second kappa shape index (κ2) is 3.80. The molecule has 1 rings (SSSR count). The van der Waals surface area contributed by atoms with E-state index in [1.54, 1.807) is 5.57 Å². The van der Waals surface area contributed by atoms with E-state index in [2.05, 4.69) is 19.9 Å². The van der Waals surface area contributed by atoms with Crippen molar-refractivity contribution in [2.75, 3.05) is 0 Å². The molecule has 0 aliphatic heterocycles. The number of rotatable bonds is 0. The van der Waals surface area contributed by atoms with Crippen LogP contribution < -0.4 is 0 Å². The molecule has 0 heterocycles. The summed E-state index contributed by atoms with van der Waals surface area (Å²) in [6, 6.07) is 0. The summed E-state index contributed by atoms with van der Waals surface area (Å²) < 4.78 is 0. The number of hydrogen-bond donors (Lipinski definition) is 0. The highest BCUT2D eigenvalue weighted by Crippen LogP contribution is 2.21. The Morgan fingerprint density at radius 1 is 1.30 bits per heavy atom. The van der Waals surface area contributed by atoms with Crippen LogP contribution >= 0.6 is 0 Å². The van der Waals surface area contributed by atoms with E-state index in [1.807, 2.05) is 0 Å². The van der Waals surface area contributed by atoms with Crippen molar-refractivity contribution < 1.29 is 0 Å². The highest BCUT2D eigenvalue weighted by atomic mass is 14.1. The van der Waals surface area contributed by atoms with Crippen molar-refractivity contribution in [3.05, 3.63) is 11.6 Å². The second-order valence-corrected chi connectivity index (χ2v) is 3.49. The van der Waals surface area contributed by atoms with Gasteiger partial charge in [-0.1, -0.05) is 31.4 Å². The largest absolute Gasteiger partial charge is 0.0853 e. The Hall–Kier alpha value is -0.260. The summed E-state index contributed by atoms with van der Waals surface area (Å²) in [4.78, 5) is 0. The number of hydrogen-bond acceptors (Lipinski definition) is 0. The third-order valence-electron chi connectivity index (χ3n) is 2.58. The second-order valence-electron chi connectivity index (χ2n) is 3.49. The van der Waals surface area contributed by atoms with Gasteiger partial charge in [0.15, 0.2) is 0 Å². The smallest absolute Gasteiger partial charge is 0.0234 e. The van der Waals surface area contributed by atoms with Gasteiger partial charge in [-0.3, -0.25) is 0 Å². The molecule has 10 heavy (non-hydrogen) atoms. The van der Waals surface area contributed by atoms with E-state index in [0.29, 0.717) is 0 Å². The molecule has 0 nitrogen and oxygen atoms in total. The first-order valence-electron chi connectivity index (χ1n) is 4.47. The standard InChI is InChI=1S/C10H18/c1-9-7-5-3-4-6-8-10(9)2/h7,10H,3-6,8H2,1-2H3. The molecule has 0 amide bonds. The van der Waals surface area contributed by atoms with Gasteiger partial charge >= 0.3 is 0 Å². The van der Waals surface area contributed by atoms with Gasteiger partial charge in [0, 0.05) is 0 Å². The van der Waals surface area contributed by atoms with Crippen molar-refractivity contribution in [3.8, 4) is 0 Å². The fourth-order valence-electron chi connectivity index (χ4n) is 1.53. The molecule has 0 radical (unpaired) electrons. The predicted molar refractivity (Wildman–Crippen MR) is 46.0 cm³/mol. The molecule has 58 valence electrons. The maximum Gasteiger partial charge on any atom is -0.0234 e.